The van der Waals surface area contributed by atoms with Crippen LogP contribution in [0.5, 0.6) is 0 Å². The molecule has 1 N–H and O–H groups in total. The summed E-state index contributed by atoms with van der Waals surface area (Å²) in [7, 11) is 0. The topological polar surface area (TPSA) is 46.4 Å². The number of para-hydroxylation sites is 1. The summed E-state index contributed by atoms with van der Waals surface area (Å²) in [5.74, 6) is -0.249. The molecule has 2 aromatic carbocycles. The molecule has 0 fully saturated rings. The summed E-state index contributed by atoms with van der Waals surface area (Å²) in [5.41, 5.74) is 8.67. The first-order valence-electron chi connectivity index (χ1n) is 8.32. The van der Waals surface area contributed by atoms with E-state index in [1.54, 1.807) is 12.3 Å². The third kappa shape index (κ3) is 3.63. The van der Waals surface area contributed by atoms with Crippen LogP contribution in [0.15, 0.2) is 64.2 Å². The van der Waals surface area contributed by atoms with E-state index in [9.17, 15) is 4.79 Å². The summed E-state index contributed by atoms with van der Waals surface area (Å²) in [6.45, 7) is 6.22. The smallest absolute Gasteiger partial charge is 0.272 e. The number of nitrogens with zero attached hydrogens (tertiary/aromatic N) is 2. The van der Waals surface area contributed by atoms with Gasteiger partial charge in [0.2, 0.25) is 0 Å². The van der Waals surface area contributed by atoms with Gasteiger partial charge in [0.1, 0.15) is 0 Å². The number of benzene rings is 2. The Bertz CT molecular complexity index is 989. The number of nitrogens with one attached hydrogen (secondary N) is 1. The van der Waals surface area contributed by atoms with E-state index in [2.05, 4.69) is 70.0 Å². The van der Waals surface area contributed by atoms with E-state index >= 15 is 0 Å². The first-order chi connectivity index (χ1) is 12.5. The number of hydrogen-bond donors (Lipinski definition) is 1. The van der Waals surface area contributed by atoms with Crippen LogP contribution in [-0.4, -0.2) is 16.7 Å². The van der Waals surface area contributed by atoms with Crippen LogP contribution in [0, 0.1) is 20.8 Å². The Morgan fingerprint density at radius 3 is 2.50 bits per heavy atom. The number of hydrogen-bond acceptors (Lipinski definition) is 2. The predicted octanol–water partition coefficient (Wildman–Crippen LogP) is 4.93. The Labute approximate surface area is 161 Å². The molecule has 132 valence electrons. The summed E-state index contributed by atoms with van der Waals surface area (Å²) in [4.78, 5) is 12.2. The van der Waals surface area contributed by atoms with Gasteiger partial charge in [-0.2, -0.15) is 5.10 Å². The van der Waals surface area contributed by atoms with Crippen molar-refractivity contribution in [3.8, 4) is 5.69 Å². The molecule has 0 spiro atoms. The second kappa shape index (κ2) is 7.70. The van der Waals surface area contributed by atoms with Crippen molar-refractivity contribution in [3.05, 3.63) is 87.1 Å². The van der Waals surface area contributed by atoms with Crippen LogP contribution in [0.2, 0.25) is 0 Å². The number of carbonyl (C=O) groups excluding carboxylic acids is 1. The molecule has 1 heterocycles. The summed E-state index contributed by atoms with van der Waals surface area (Å²) in [5, 5.41) is 4.13. The van der Waals surface area contributed by atoms with E-state index in [-0.39, 0.29) is 5.91 Å². The molecule has 0 aliphatic carbocycles. The molecule has 0 radical (unpaired) electrons. The fourth-order valence-corrected chi connectivity index (χ4v) is 3.43. The SMILES string of the molecule is Cc1ccccc1-n1c(C)cc(/C=N/NC(=O)c2ccccc2Br)c1C. The highest BCUT2D eigenvalue weighted by molar-refractivity contribution is 9.10. The highest BCUT2D eigenvalue weighted by atomic mass is 79.9. The van der Waals surface area contributed by atoms with Gasteiger partial charge in [0.05, 0.1) is 11.8 Å². The molecular weight excluding hydrogens is 390 g/mol. The maximum atomic E-state index is 12.2. The van der Waals surface area contributed by atoms with Crippen molar-refractivity contribution in [2.24, 2.45) is 5.10 Å². The lowest BCUT2D eigenvalue weighted by atomic mass is 10.2. The molecule has 0 aliphatic heterocycles. The zero-order valence-corrected chi connectivity index (χ0v) is 16.5. The van der Waals surface area contributed by atoms with E-state index in [1.165, 1.54) is 5.56 Å². The van der Waals surface area contributed by atoms with Crippen LogP contribution < -0.4 is 5.43 Å². The summed E-state index contributed by atoms with van der Waals surface area (Å²) >= 11 is 3.37. The Morgan fingerprint density at radius 1 is 1.08 bits per heavy atom. The maximum absolute atomic E-state index is 12.2. The summed E-state index contributed by atoms with van der Waals surface area (Å²) in [6.07, 6.45) is 1.69. The number of aromatic nitrogens is 1. The third-order valence-electron chi connectivity index (χ3n) is 4.31. The standard InChI is InChI=1S/C21H20BrN3O/c1-14-8-4-7-11-20(14)25-15(2)12-17(16(25)3)13-23-24-21(26)18-9-5-6-10-19(18)22/h4-13H,1-3H3,(H,24,26)/b23-13+. The molecule has 5 heteroatoms. The number of rotatable bonds is 4. The molecule has 0 atom stereocenters. The molecule has 26 heavy (non-hydrogen) atoms. The molecule has 1 amide bonds. The van der Waals surface area contributed by atoms with Crippen LogP contribution in [-0.2, 0) is 0 Å². The fourth-order valence-electron chi connectivity index (χ4n) is 2.97. The lowest BCUT2D eigenvalue weighted by molar-refractivity contribution is 0.0954. The number of aryl methyl sites for hydroxylation is 2. The van der Waals surface area contributed by atoms with Crippen LogP contribution in [0.3, 0.4) is 0 Å². The first-order valence-corrected chi connectivity index (χ1v) is 9.11. The number of hydrazone groups is 1. The van der Waals surface area contributed by atoms with E-state index in [0.717, 1.165) is 27.1 Å². The van der Waals surface area contributed by atoms with Crippen molar-refractivity contribution in [2.45, 2.75) is 20.8 Å². The number of carbonyl (C=O) groups is 1. The van der Waals surface area contributed by atoms with Crippen molar-refractivity contribution in [1.29, 1.82) is 0 Å². The Balaban J connectivity index is 1.82. The number of halogens is 1. The second-order valence-electron chi connectivity index (χ2n) is 6.13. The van der Waals surface area contributed by atoms with Gasteiger partial charge in [-0.05, 0) is 66.5 Å². The van der Waals surface area contributed by atoms with Crippen molar-refractivity contribution in [3.63, 3.8) is 0 Å². The molecule has 0 saturated carbocycles. The van der Waals surface area contributed by atoms with Crippen LogP contribution in [0.25, 0.3) is 5.69 Å². The Kier molecular flexibility index (Phi) is 5.38. The molecule has 0 unspecified atom stereocenters. The third-order valence-corrected chi connectivity index (χ3v) is 5.01. The maximum Gasteiger partial charge on any atom is 0.272 e. The molecular formula is C21H20BrN3O. The molecule has 1 aromatic heterocycles. The van der Waals surface area contributed by atoms with Crippen molar-refractivity contribution in [1.82, 2.24) is 9.99 Å². The Hall–Kier alpha value is -2.66. The second-order valence-corrected chi connectivity index (χ2v) is 6.98. The minimum absolute atomic E-state index is 0.249. The van der Waals surface area contributed by atoms with Crippen molar-refractivity contribution in [2.75, 3.05) is 0 Å². The molecule has 4 nitrogen and oxygen atoms in total. The fraction of sp³-hybridized carbons (Fsp3) is 0.143. The van der Waals surface area contributed by atoms with Crippen molar-refractivity contribution >= 4 is 28.1 Å². The molecule has 3 rings (SSSR count). The van der Waals surface area contributed by atoms with E-state index in [4.69, 9.17) is 0 Å². The largest absolute Gasteiger partial charge is 0.318 e. The predicted molar refractivity (Wildman–Crippen MR) is 109 cm³/mol. The van der Waals surface area contributed by atoms with Gasteiger partial charge >= 0.3 is 0 Å². The first kappa shape index (κ1) is 18.1. The molecule has 0 aliphatic rings. The minimum atomic E-state index is -0.249. The van der Waals surface area contributed by atoms with E-state index < -0.39 is 0 Å². The summed E-state index contributed by atoms with van der Waals surface area (Å²) < 4.78 is 2.94. The lowest BCUT2D eigenvalue weighted by Crippen LogP contribution is -2.18. The van der Waals surface area contributed by atoms with Gasteiger partial charge in [-0.25, -0.2) is 5.43 Å². The molecule has 0 saturated heterocycles. The average Bonchev–Trinajstić information content (AvgIpc) is 2.90. The van der Waals surface area contributed by atoms with Gasteiger partial charge in [-0.15, -0.1) is 0 Å². The lowest BCUT2D eigenvalue weighted by Gasteiger charge is -2.12. The number of amides is 1. The zero-order chi connectivity index (χ0) is 18.7. The van der Waals surface area contributed by atoms with Gasteiger partial charge < -0.3 is 4.57 Å². The highest BCUT2D eigenvalue weighted by Crippen LogP contribution is 2.22. The monoisotopic (exact) mass is 409 g/mol. The highest BCUT2D eigenvalue weighted by Gasteiger charge is 2.11. The van der Waals surface area contributed by atoms with Crippen LogP contribution in [0.1, 0.15) is 32.9 Å². The van der Waals surface area contributed by atoms with Gasteiger partial charge in [0.25, 0.3) is 5.91 Å². The van der Waals surface area contributed by atoms with Gasteiger partial charge in [0, 0.05) is 27.1 Å². The van der Waals surface area contributed by atoms with Crippen molar-refractivity contribution < 1.29 is 4.79 Å². The zero-order valence-electron chi connectivity index (χ0n) is 15.0. The van der Waals surface area contributed by atoms with E-state index in [0.29, 0.717) is 5.56 Å². The van der Waals surface area contributed by atoms with Crippen LogP contribution >= 0.6 is 15.9 Å². The van der Waals surface area contributed by atoms with Gasteiger partial charge in [0.15, 0.2) is 0 Å². The van der Waals surface area contributed by atoms with Gasteiger partial charge in [-0.1, -0.05) is 30.3 Å². The summed E-state index contributed by atoms with van der Waals surface area (Å²) in [6, 6.07) is 17.6. The quantitative estimate of drug-likeness (QED) is 0.481. The molecule has 3 aromatic rings. The average molecular weight is 410 g/mol. The Morgan fingerprint density at radius 2 is 1.77 bits per heavy atom. The minimum Gasteiger partial charge on any atom is -0.318 e. The van der Waals surface area contributed by atoms with Crippen LogP contribution in [0.4, 0.5) is 0 Å². The van der Waals surface area contributed by atoms with E-state index in [1.807, 2.05) is 30.3 Å². The molecule has 0 bridgehead atoms. The van der Waals surface area contributed by atoms with Gasteiger partial charge in [-0.3, -0.25) is 4.79 Å². The normalized spacial score (nSPS) is 11.1.